The number of nitrogens with zero attached hydrogens (tertiary/aromatic N) is 2. The molecule has 2 aliphatic heterocycles. The molecule has 0 atom stereocenters. The summed E-state index contributed by atoms with van der Waals surface area (Å²) in [5.74, 6) is -0.101. The average Bonchev–Trinajstić information content (AvgIpc) is 2.67. The van der Waals surface area contributed by atoms with Gasteiger partial charge < -0.3 is 19.9 Å². The highest BCUT2D eigenvalue weighted by atomic mass is 19.1. The predicted molar refractivity (Wildman–Crippen MR) is 90.3 cm³/mol. The van der Waals surface area contributed by atoms with Gasteiger partial charge in [0.2, 0.25) is 5.91 Å². The fraction of sp³-hybridized carbons (Fsp3) is 0.556. The van der Waals surface area contributed by atoms with Gasteiger partial charge in [-0.15, -0.1) is 0 Å². The second-order valence-electron chi connectivity index (χ2n) is 6.48. The van der Waals surface area contributed by atoms with Gasteiger partial charge in [-0.05, 0) is 30.5 Å². The molecular weight excluding hydrogens is 325 g/mol. The molecule has 0 radical (unpaired) electrons. The SMILES string of the molecule is O=C(NCc1ccc(F)cc1)N1CCC(C(=O)N2CCOCC2)CC1. The van der Waals surface area contributed by atoms with Gasteiger partial charge in [-0.1, -0.05) is 12.1 Å². The van der Waals surface area contributed by atoms with Crippen LogP contribution in [0.4, 0.5) is 9.18 Å². The molecule has 0 aliphatic carbocycles. The summed E-state index contributed by atoms with van der Waals surface area (Å²) in [6.07, 6.45) is 1.39. The second-order valence-corrected chi connectivity index (χ2v) is 6.48. The van der Waals surface area contributed by atoms with Crippen molar-refractivity contribution >= 4 is 11.9 Å². The number of likely N-dealkylation sites (tertiary alicyclic amines) is 1. The van der Waals surface area contributed by atoms with E-state index in [1.165, 1.54) is 12.1 Å². The van der Waals surface area contributed by atoms with Crippen LogP contribution >= 0.6 is 0 Å². The summed E-state index contributed by atoms with van der Waals surface area (Å²) in [4.78, 5) is 28.4. The Balaban J connectivity index is 1.42. The summed E-state index contributed by atoms with van der Waals surface area (Å²) < 4.78 is 18.2. The molecular formula is C18H24FN3O3. The number of piperidine rings is 1. The molecule has 1 aromatic carbocycles. The minimum absolute atomic E-state index is 0.000696. The molecule has 0 saturated carbocycles. The van der Waals surface area contributed by atoms with Crippen molar-refractivity contribution in [1.82, 2.24) is 15.1 Å². The lowest BCUT2D eigenvalue weighted by molar-refractivity contribution is -0.141. The van der Waals surface area contributed by atoms with E-state index in [1.54, 1.807) is 17.0 Å². The Morgan fingerprint density at radius 2 is 1.68 bits per heavy atom. The van der Waals surface area contributed by atoms with E-state index in [1.807, 2.05) is 4.90 Å². The van der Waals surface area contributed by atoms with Crippen LogP contribution < -0.4 is 5.32 Å². The van der Waals surface area contributed by atoms with Crippen LogP contribution in [-0.2, 0) is 16.1 Å². The minimum atomic E-state index is -0.290. The van der Waals surface area contributed by atoms with Gasteiger partial charge in [-0.2, -0.15) is 0 Å². The van der Waals surface area contributed by atoms with Crippen molar-refractivity contribution in [2.45, 2.75) is 19.4 Å². The summed E-state index contributed by atoms with van der Waals surface area (Å²) in [6, 6.07) is 5.93. The topological polar surface area (TPSA) is 61.9 Å². The van der Waals surface area contributed by atoms with E-state index in [0.717, 1.165) is 5.56 Å². The van der Waals surface area contributed by atoms with Crippen LogP contribution in [0.2, 0.25) is 0 Å². The van der Waals surface area contributed by atoms with Crippen LogP contribution in [0.25, 0.3) is 0 Å². The number of nitrogens with one attached hydrogen (secondary N) is 1. The normalized spacial score (nSPS) is 18.9. The molecule has 2 aliphatic rings. The fourth-order valence-electron chi connectivity index (χ4n) is 3.26. The lowest BCUT2D eigenvalue weighted by Gasteiger charge is -2.35. The molecule has 0 spiro atoms. The van der Waals surface area contributed by atoms with Gasteiger partial charge in [0.1, 0.15) is 5.82 Å². The Bertz CT molecular complexity index is 594. The number of ether oxygens (including phenoxy) is 1. The first-order valence-corrected chi connectivity index (χ1v) is 8.77. The van der Waals surface area contributed by atoms with Crippen LogP contribution in [0.1, 0.15) is 18.4 Å². The molecule has 1 N–H and O–H groups in total. The monoisotopic (exact) mass is 349 g/mol. The fourth-order valence-corrected chi connectivity index (χ4v) is 3.26. The summed E-state index contributed by atoms with van der Waals surface area (Å²) in [5.41, 5.74) is 0.854. The summed E-state index contributed by atoms with van der Waals surface area (Å²) in [6.45, 7) is 4.07. The molecule has 2 fully saturated rings. The third-order valence-electron chi connectivity index (χ3n) is 4.81. The number of morpholine rings is 1. The van der Waals surface area contributed by atoms with Crippen molar-refractivity contribution in [1.29, 1.82) is 0 Å². The molecule has 3 rings (SSSR count). The van der Waals surface area contributed by atoms with Crippen molar-refractivity contribution in [2.75, 3.05) is 39.4 Å². The van der Waals surface area contributed by atoms with E-state index < -0.39 is 0 Å². The third kappa shape index (κ3) is 4.69. The molecule has 136 valence electrons. The number of carbonyl (C=O) groups excluding carboxylic acids is 2. The van der Waals surface area contributed by atoms with E-state index >= 15 is 0 Å². The maximum atomic E-state index is 12.9. The van der Waals surface area contributed by atoms with Crippen LogP contribution in [-0.4, -0.2) is 61.1 Å². The molecule has 3 amide bonds. The zero-order chi connectivity index (χ0) is 17.6. The van der Waals surface area contributed by atoms with Crippen LogP contribution in [0, 0.1) is 11.7 Å². The Kier molecular flexibility index (Phi) is 5.86. The Hall–Kier alpha value is -2.15. The molecule has 2 saturated heterocycles. The maximum Gasteiger partial charge on any atom is 0.317 e. The van der Waals surface area contributed by atoms with Gasteiger partial charge in [-0.25, -0.2) is 9.18 Å². The second kappa shape index (κ2) is 8.29. The van der Waals surface area contributed by atoms with E-state index in [9.17, 15) is 14.0 Å². The molecule has 25 heavy (non-hydrogen) atoms. The van der Waals surface area contributed by atoms with Gasteiger partial charge in [0.15, 0.2) is 0 Å². The third-order valence-corrected chi connectivity index (χ3v) is 4.81. The lowest BCUT2D eigenvalue weighted by Crippen LogP contribution is -2.49. The predicted octanol–water partition coefficient (Wildman–Crippen LogP) is 1.61. The highest BCUT2D eigenvalue weighted by Gasteiger charge is 2.30. The van der Waals surface area contributed by atoms with Crippen molar-refractivity contribution in [3.8, 4) is 0 Å². The first kappa shape index (κ1) is 17.7. The number of carbonyl (C=O) groups is 2. The number of amides is 3. The molecule has 1 aromatic rings. The molecule has 0 unspecified atom stereocenters. The zero-order valence-corrected chi connectivity index (χ0v) is 14.2. The standard InChI is InChI=1S/C18H24FN3O3/c19-16-3-1-14(2-4-16)13-20-18(24)22-7-5-15(6-8-22)17(23)21-9-11-25-12-10-21/h1-4,15H,5-13H2,(H,20,24). The van der Waals surface area contributed by atoms with Gasteiger partial charge in [-0.3, -0.25) is 4.79 Å². The summed E-state index contributed by atoms with van der Waals surface area (Å²) in [7, 11) is 0. The van der Waals surface area contributed by atoms with Crippen LogP contribution in [0.15, 0.2) is 24.3 Å². The quantitative estimate of drug-likeness (QED) is 0.902. The molecule has 0 bridgehead atoms. The van der Waals surface area contributed by atoms with Crippen LogP contribution in [0.5, 0.6) is 0 Å². The Labute approximate surface area is 146 Å². The lowest BCUT2D eigenvalue weighted by atomic mass is 9.95. The van der Waals surface area contributed by atoms with Gasteiger partial charge >= 0.3 is 6.03 Å². The van der Waals surface area contributed by atoms with Crippen molar-refractivity contribution < 1.29 is 18.7 Å². The summed E-state index contributed by atoms with van der Waals surface area (Å²) >= 11 is 0. The number of rotatable bonds is 3. The molecule has 7 heteroatoms. The van der Waals surface area contributed by atoms with E-state index in [4.69, 9.17) is 4.74 Å². The number of benzene rings is 1. The number of hydrogen-bond acceptors (Lipinski definition) is 3. The summed E-state index contributed by atoms with van der Waals surface area (Å²) in [5, 5.41) is 2.85. The number of urea groups is 1. The van der Waals surface area contributed by atoms with Crippen molar-refractivity contribution in [3.05, 3.63) is 35.6 Å². The largest absolute Gasteiger partial charge is 0.378 e. The average molecular weight is 349 g/mol. The highest BCUT2D eigenvalue weighted by molar-refractivity contribution is 5.80. The van der Waals surface area contributed by atoms with E-state index in [0.29, 0.717) is 58.8 Å². The molecule has 2 heterocycles. The van der Waals surface area contributed by atoms with Crippen LogP contribution in [0.3, 0.4) is 0 Å². The first-order chi connectivity index (χ1) is 12.1. The molecule has 6 nitrogen and oxygen atoms in total. The zero-order valence-electron chi connectivity index (χ0n) is 14.2. The van der Waals surface area contributed by atoms with Gasteiger partial charge in [0.25, 0.3) is 0 Å². The van der Waals surface area contributed by atoms with Crippen molar-refractivity contribution in [3.63, 3.8) is 0 Å². The first-order valence-electron chi connectivity index (χ1n) is 8.77. The van der Waals surface area contributed by atoms with Gasteiger partial charge in [0, 0.05) is 38.6 Å². The van der Waals surface area contributed by atoms with E-state index in [-0.39, 0.29) is 23.7 Å². The number of halogens is 1. The Morgan fingerprint density at radius 1 is 1.04 bits per heavy atom. The van der Waals surface area contributed by atoms with Gasteiger partial charge in [0.05, 0.1) is 13.2 Å². The minimum Gasteiger partial charge on any atom is -0.378 e. The van der Waals surface area contributed by atoms with E-state index in [2.05, 4.69) is 5.32 Å². The molecule has 0 aromatic heterocycles. The van der Waals surface area contributed by atoms with Crippen molar-refractivity contribution in [2.24, 2.45) is 5.92 Å². The smallest absolute Gasteiger partial charge is 0.317 e. The Morgan fingerprint density at radius 3 is 2.32 bits per heavy atom. The highest BCUT2D eigenvalue weighted by Crippen LogP contribution is 2.20. The maximum absolute atomic E-state index is 12.9. The number of hydrogen-bond donors (Lipinski definition) is 1.